The highest BCUT2D eigenvalue weighted by atomic mass is 16.6. The third kappa shape index (κ3) is 3.56. The van der Waals surface area contributed by atoms with Gasteiger partial charge in [-0.2, -0.15) is 0 Å². The van der Waals surface area contributed by atoms with Crippen LogP contribution < -0.4 is 10.2 Å². The van der Waals surface area contributed by atoms with E-state index in [9.17, 15) is 19.7 Å². The van der Waals surface area contributed by atoms with Gasteiger partial charge in [0.2, 0.25) is 11.8 Å². The summed E-state index contributed by atoms with van der Waals surface area (Å²) in [5.41, 5.74) is 3.34. The van der Waals surface area contributed by atoms with E-state index in [0.29, 0.717) is 5.69 Å². The molecular formula is C19H19N3O4. The summed E-state index contributed by atoms with van der Waals surface area (Å²) in [6, 6.07) is 11.5. The average molecular weight is 353 g/mol. The monoisotopic (exact) mass is 353 g/mol. The lowest BCUT2D eigenvalue weighted by atomic mass is 10.1. The fourth-order valence-corrected chi connectivity index (χ4v) is 3.08. The predicted molar refractivity (Wildman–Crippen MR) is 98.1 cm³/mol. The predicted octanol–water partition coefficient (Wildman–Crippen LogP) is 3.20. The van der Waals surface area contributed by atoms with Gasteiger partial charge in [0, 0.05) is 36.5 Å². The summed E-state index contributed by atoms with van der Waals surface area (Å²) < 4.78 is 0. The zero-order valence-corrected chi connectivity index (χ0v) is 14.6. The zero-order chi connectivity index (χ0) is 18.8. The molecule has 0 unspecified atom stereocenters. The lowest BCUT2D eigenvalue weighted by molar-refractivity contribution is -0.384. The Labute approximate surface area is 150 Å². The quantitative estimate of drug-likeness (QED) is 0.675. The van der Waals surface area contributed by atoms with Gasteiger partial charge in [-0.05, 0) is 37.6 Å². The van der Waals surface area contributed by atoms with Gasteiger partial charge in [0.1, 0.15) is 0 Å². The number of nitro benzene ring substituents is 1. The molecule has 1 aliphatic rings. The van der Waals surface area contributed by atoms with Gasteiger partial charge >= 0.3 is 0 Å². The van der Waals surface area contributed by atoms with E-state index in [1.165, 1.54) is 29.2 Å². The SMILES string of the molecule is Cc1ccc(NC(=O)[C@@H]2CC(=O)N(c3ccc([N+](=O)[O-])cc3)C2)c(C)c1. The molecular weight excluding hydrogens is 334 g/mol. The van der Waals surface area contributed by atoms with E-state index < -0.39 is 10.8 Å². The van der Waals surface area contributed by atoms with Crippen molar-refractivity contribution in [3.8, 4) is 0 Å². The Hall–Kier alpha value is -3.22. The van der Waals surface area contributed by atoms with E-state index in [0.717, 1.165) is 16.8 Å². The van der Waals surface area contributed by atoms with Crippen molar-refractivity contribution in [2.45, 2.75) is 20.3 Å². The molecule has 134 valence electrons. The molecule has 1 fully saturated rings. The number of benzene rings is 2. The lowest BCUT2D eigenvalue weighted by Crippen LogP contribution is -2.28. The maximum absolute atomic E-state index is 12.5. The number of aryl methyl sites for hydroxylation is 2. The number of rotatable bonds is 4. The van der Waals surface area contributed by atoms with E-state index in [1.54, 1.807) is 0 Å². The van der Waals surface area contributed by atoms with Crippen molar-refractivity contribution in [1.82, 2.24) is 0 Å². The Morgan fingerprint density at radius 2 is 1.88 bits per heavy atom. The number of nitrogens with one attached hydrogen (secondary N) is 1. The molecule has 2 aromatic carbocycles. The van der Waals surface area contributed by atoms with Crippen molar-refractivity contribution in [3.63, 3.8) is 0 Å². The van der Waals surface area contributed by atoms with Gasteiger partial charge in [-0.25, -0.2) is 0 Å². The molecule has 7 nitrogen and oxygen atoms in total. The Bertz CT molecular complexity index is 877. The highest BCUT2D eigenvalue weighted by Crippen LogP contribution is 2.28. The minimum absolute atomic E-state index is 0.0375. The Balaban J connectivity index is 1.70. The molecule has 0 aromatic heterocycles. The molecule has 0 bridgehead atoms. The standard InChI is InChI=1S/C19H19N3O4/c1-12-3-8-17(13(2)9-12)20-19(24)14-10-18(23)21(11-14)15-4-6-16(7-5-15)22(25)26/h3-9,14H,10-11H2,1-2H3,(H,20,24)/t14-/m1/s1. The van der Waals surface area contributed by atoms with Crippen molar-refractivity contribution >= 4 is 28.9 Å². The van der Waals surface area contributed by atoms with Gasteiger partial charge in [0.15, 0.2) is 0 Å². The normalized spacial score (nSPS) is 16.6. The van der Waals surface area contributed by atoms with Crippen LogP contribution in [0.25, 0.3) is 0 Å². The maximum atomic E-state index is 12.5. The minimum Gasteiger partial charge on any atom is -0.326 e. The summed E-state index contributed by atoms with van der Waals surface area (Å²) in [5, 5.41) is 13.6. The molecule has 0 aliphatic carbocycles. The van der Waals surface area contributed by atoms with Crippen LogP contribution >= 0.6 is 0 Å². The van der Waals surface area contributed by atoms with Gasteiger partial charge < -0.3 is 10.2 Å². The van der Waals surface area contributed by atoms with Crippen LogP contribution in [0.15, 0.2) is 42.5 Å². The number of hydrogen-bond acceptors (Lipinski definition) is 4. The van der Waals surface area contributed by atoms with Gasteiger partial charge in [0.25, 0.3) is 5.69 Å². The molecule has 1 N–H and O–H groups in total. The zero-order valence-electron chi connectivity index (χ0n) is 14.6. The first-order valence-corrected chi connectivity index (χ1v) is 8.28. The third-order valence-corrected chi connectivity index (χ3v) is 4.51. The van der Waals surface area contributed by atoms with E-state index in [1.807, 2.05) is 32.0 Å². The number of carbonyl (C=O) groups excluding carboxylic acids is 2. The average Bonchev–Trinajstić information content (AvgIpc) is 2.99. The number of nitrogens with zero attached hydrogens (tertiary/aromatic N) is 2. The van der Waals surface area contributed by atoms with E-state index in [-0.39, 0.29) is 30.5 Å². The summed E-state index contributed by atoms with van der Waals surface area (Å²) in [5.74, 6) is -0.826. The highest BCUT2D eigenvalue weighted by Gasteiger charge is 2.35. The summed E-state index contributed by atoms with van der Waals surface area (Å²) in [6.45, 7) is 4.16. The van der Waals surface area contributed by atoms with Crippen LogP contribution in [0.1, 0.15) is 17.5 Å². The fourth-order valence-electron chi connectivity index (χ4n) is 3.08. The van der Waals surface area contributed by atoms with Crippen LogP contribution in [-0.4, -0.2) is 23.3 Å². The molecule has 1 saturated heterocycles. The van der Waals surface area contributed by atoms with Gasteiger partial charge in [0.05, 0.1) is 10.8 Å². The van der Waals surface area contributed by atoms with Crippen molar-refractivity contribution in [3.05, 3.63) is 63.7 Å². The Morgan fingerprint density at radius 1 is 1.19 bits per heavy atom. The smallest absolute Gasteiger partial charge is 0.269 e. The van der Waals surface area contributed by atoms with Crippen LogP contribution in [-0.2, 0) is 9.59 Å². The second-order valence-corrected chi connectivity index (χ2v) is 6.49. The van der Waals surface area contributed by atoms with Crippen LogP contribution in [0.5, 0.6) is 0 Å². The van der Waals surface area contributed by atoms with Crippen molar-refractivity contribution in [2.24, 2.45) is 5.92 Å². The largest absolute Gasteiger partial charge is 0.326 e. The minimum atomic E-state index is -0.490. The molecule has 26 heavy (non-hydrogen) atoms. The second-order valence-electron chi connectivity index (χ2n) is 6.49. The molecule has 0 saturated carbocycles. The summed E-state index contributed by atoms with van der Waals surface area (Å²) >= 11 is 0. The summed E-state index contributed by atoms with van der Waals surface area (Å²) in [4.78, 5) is 36.6. The van der Waals surface area contributed by atoms with Crippen LogP contribution in [0.2, 0.25) is 0 Å². The number of anilines is 2. The van der Waals surface area contributed by atoms with Crippen LogP contribution in [0.4, 0.5) is 17.1 Å². The second kappa shape index (κ2) is 6.95. The first-order chi connectivity index (χ1) is 12.3. The van der Waals surface area contributed by atoms with Gasteiger partial charge in [-0.3, -0.25) is 19.7 Å². The topological polar surface area (TPSA) is 92.6 Å². The molecule has 2 amide bonds. The fraction of sp³-hybridized carbons (Fsp3) is 0.263. The molecule has 0 spiro atoms. The van der Waals surface area contributed by atoms with E-state index >= 15 is 0 Å². The van der Waals surface area contributed by atoms with Crippen molar-refractivity contribution < 1.29 is 14.5 Å². The molecule has 1 heterocycles. The van der Waals surface area contributed by atoms with Crippen molar-refractivity contribution in [2.75, 3.05) is 16.8 Å². The number of carbonyl (C=O) groups is 2. The number of amides is 2. The van der Waals surface area contributed by atoms with Gasteiger partial charge in [-0.1, -0.05) is 17.7 Å². The number of hydrogen-bond donors (Lipinski definition) is 1. The summed E-state index contributed by atoms with van der Waals surface area (Å²) in [6.07, 6.45) is 0.119. The molecule has 1 atom stereocenters. The van der Waals surface area contributed by atoms with Crippen molar-refractivity contribution in [1.29, 1.82) is 0 Å². The Morgan fingerprint density at radius 3 is 2.50 bits per heavy atom. The first-order valence-electron chi connectivity index (χ1n) is 8.28. The van der Waals surface area contributed by atoms with Gasteiger partial charge in [-0.15, -0.1) is 0 Å². The molecule has 0 radical (unpaired) electrons. The lowest BCUT2D eigenvalue weighted by Gasteiger charge is -2.17. The number of nitro groups is 1. The molecule has 1 aliphatic heterocycles. The highest BCUT2D eigenvalue weighted by molar-refractivity contribution is 6.03. The van der Waals surface area contributed by atoms with Crippen LogP contribution in [0, 0.1) is 29.9 Å². The summed E-state index contributed by atoms with van der Waals surface area (Å²) in [7, 11) is 0. The molecule has 2 aromatic rings. The number of non-ortho nitro benzene ring substituents is 1. The molecule has 7 heteroatoms. The Kier molecular flexibility index (Phi) is 4.71. The van der Waals surface area contributed by atoms with E-state index in [2.05, 4.69) is 5.32 Å². The van der Waals surface area contributed by atoms with E-state index in [4.69, 9.17) is 0 Å². The molecule has 3 rings (SSSR count). The first kappa shape index (κ1) is 17.6. The van der Waals surface area contributed by atoms with Crippen LogP contribution in [0.3, 0.4) is 0 Å². The maximum Gasteiger partial charge on any atom is 0.269 e. The third-order valence-electron chi connectivity index (χ3n) is 4.51.